The molecule has 1 aromatic rings. The van der Waals surface area contributed by atoms with E-state index in [2.05, 4.69) is 27.7 Å². The minimum absolute atomic E-state index is 0.546. The van der Waals surface area contributed by atoms with E-state index in [1.807, 2.05) is 0 Å². The third kappa shape index (κ3) is 2.29. The van der Waals surface area contributed by atoms with E-state index in [1.54, 1.807) is 7.05 Å². The number of hydrogen-bond donors (Lipinski definition) is 1. The van der Waals surface area contributed by atoms with Gasteiger partial charge in [0.25, 0.3) is 0 Å². The van der Waals surface area contributed by atoms with Crippen LogP contribution in [0.3, 0.4) is 0 Å². The molecule has 0 aliphatic heterocycles. The SMILES string of the molecule is CCNC(Cc1nnn(C)n1)C1CC1. The molecule has 1 saturated carbocycles. The Balaban J connectivity index is 1.92. The summed E-state index contributed by atoms with van der Waals surface area (Å²) in [5.74, 6) is 1.68. The van der Waals surface area contributed by atoms with Crippen LogP contribution in [0.2, 0.25) is 0 Å². The van der Waals surface area contributed by atoms with E-state index in [1.165, 1.54) is 17.6 Å². The highest BCUT2D eigenvalue weighted by Gasteiger charge is 2.31. The maximum atomic E-state index is 4.20. The van der Waals surface area contributed by atoms with E-state index in [0.717, 1.165) is 24.7 Å². The first-order valence-electron chi connectivity index (χ1n) is 5.26. The summed E-state index contributed by atoms with van der Waals surface area (Å²) >= 11 is 0. The van der Waals surface area contributed by atoms with Gasteiger partial charge in [-0.3, -0.25) is 0 Å². The van der Waals surface area contributed by atoms with Crippen LogP contribution in [-0.4, -0.2) is 32.8 Å². The highest BCUT2D eigenvalue weighted by atomic mass is 15.6. The summed E-state index contributed by atoms with van der Waals surface area (Å²) in [4.78, 5) is 1.52. The summed E-state index contributed by atoms with van der Waals surface area (Å²) in [6.45, 7) is 3.15. The van der Waals surface area contributed by atoms with Crippen LogP contribution in [0.25, 0.3) is 0 Å². The molecule has 5 heteroatoms. The first-order chi connectivity index (χ1) is 6.79. The van der Waals surface area contributed by atoms with E-state index >= 15 is 0 Å². The van der Waals surface area contributed by atoms with Gasteiger partial charge in [0.05, 0.1) is 7.05 Å². The van der Waals surface area contributed by atoms with E-state index in [-0.39, 0.29) is 0 Å². The minimum Gasteiger partial charge on any atom is -0.314 e. The van der Waals surface area contributed by atoms with E-state index < -0.39 is 0 Å². The molecule has 5 nitrogen and oxygen atoms in total. The van der Waals surface area contributed by atoms with E-state index in [0.29, 0.717) is 6.04 Å². The molecule has 1 atom stereocenters. The molecule has 2 rings (SSSR count). The summed E-state index contributed by atoms with van der Waals surface area (Å²) in [5.41, 5.74) is 0. The Morgan fingerprint density at radius 1 is 1.57 bits per heavy atom. The van der Waals surface area contributed by atoms with Gasteiger partial charge in [0, 0.05) is 12.5 Å². The monoisotopic (exact) mass is 195 g/mol. The van der Waals surface area contributed by atoms with Crippen molar-refractivity contribution in [3.63, 3.8) is 0 Å². The molecule has 78 valence electrons. The molecule has 0 amide bonds. The predicted molar refractivity (Wildman–Crippen MR) is 52.7 cm³/mol. The second kappa shape index (κ2) is 4.04. The van der Waals surface area contributed by atoms with Crippen molar-refractivity contribution >= 4 is 0 Å². The number of aromatic nitrogens is 4. The standard InChI is InChI=1S/C9H17N5/c1-3-10-8(7-4-5-7)6-9-11-13-14(2)12-9/h7-8,10H,3-6H2,1-2H3. The van der Waals surface area contributed by atoms with Crippen LogP contribution < -0.4 is 5.32 Å². The largest absolute Gasteiger partial charge is 0.314 e. The smallest absolute Gasteiger partial charge is 0.176 e. The molecule has 1 aromatic heterocycles. The number of tetrazole rings is 1. The Morgan fingerprint density at radius 3 is 2.86 bits per heavy atom. The molecule has 1 fully saturated rings. The van der Waals surface area contributed by atoms with Crippen LogP contribution in [0.4, 0.5) is 0 Å². The van der Waals surface area contributed by atoms with Crippen LogP contribution in [-0.2, 0) is 13.5 Å². The Hall–Kier alpha value is -0.970. The normalized spacial score (nSPS) is 18.4. The maximum absolute atomic E-state index is 4.20. The zero-order valence-corrected chi connectivity index (χ0v) is 8.77. The summed E-state index contributed by atoms with van der Waals surface area (Å²) in [5, 5.41) is 15.5. The van der Waals surface area contributed by atoms with Crippen LogP contribution >= 0.6 is 0 Å². The van der Waals surface area contributed by atoms with Gasteiger partial charge >= 0.3 is 0 Å². The van der Waals surface area contributed by atoms with Gasteiger partial charge in [0.15, 0.2) is 5.82 Å². The van der Waals surface area contributed by atoms with Gasteiger partial charge in [-0.05, 0) is 30.5 Å². The molecule has 0 aromatic carbocycles. The molecule has 0 radical (unpaired) electrons. The molecule has 1 aliphatic carbocycles. The van der Waals surface area contributed by atoms with Gasteiger partial charge in [0.2, 0.25) is 0 Å². The highest BCUT2D eigenvalue weighted by Crippen LogP contribution is 2.33. The molecular formula is C9H17N5. The average molecular weight is 195 g/mol. The second-order valence-electron chi connectivity index (χ2n) is 3.90. The van der Waals surface area contributed by atoms with Crippen molar-refractivity contribution in [1.82, 2.24) is 25.5 Å². The van der Waals surface area contributed by atoms with Crippen molar-refractivity contribution in [2.45, 2.75) is 32.2 Å². The summed E-state index contributed by atoms with van der Waals surface area (Å²) in [6.07, 6.45) is 3.60. The fraction of sp³-hybridized carbons (Fsp3) is 0.889. The Morgan fingerprint density at radius 2 is 2.36 bits per heavy atom. The lowest BCUT2D eigenvalue weighted by molar-refractivity contribution is 0.462. The summed E-state index contributed by atoms with van der Waals surface area (Å²) < 4.78 is 0. The number of nitrogens with zero attached hydrogens (tertiary/aromatic N) is 4. The van der Waals surface area contributed by atoms with Crippen molar-refractivity contribution in [3.05, 3.63) is 5.82 Å². The number of nitrogens with one attached hydrogen (secondary N) is 1. The molecule has 0 bridgehead atoms. The molecule has 1 N–H and O–H groups in total. The van der Waals surface area contributed by atoms with Gasteiger partial charge in [0.1, 0.15) is 0 Å². The van der Waals surface area contributed by atoms with Crippen molar-refractivity contribution in [3.8, 4) is 0 Å². The fourth-order valence-electron chi connectivity index (χ4n) is 1.77. The quantitative estimate of drug-likeness (QED) is 0.726. The zero-order valence-electron chi connectivity index (χ0n) is 8.77. The van der Waals surface area contributed by atoms with Gasteiger partial charge in [-0.1, -0.05) is 6.92 Å². The summed E-state index contributed by atoms with van der Waals surface area (Å²) in [6, 6.07) is 0.546. The molecule has 1 aliphatic rings. The van der Waals surface area contributed by atoms with Crippen LogP contribution in [0.1, 0.15) is 25.6 Å². The molecule has 0 saturated heterocycles. The topological polar surface area (TPSA) is 55.6 Å². The van der Waals surface area contributed by atoms with Crippen LogP contribution in [0, 0.1) is 5.92 Å². The lowest BCUT2D eigenvalue weighted by atomic mass is 10.1. The Bertz CT molecular complexity index is 291. The first-order valence-corrected chi connectivity index (χ1v) is 5.26. The third-order valence-corrected chi connectivity index (χ3v) is 2.61. The van der Waals surface area contributed by atoms with Crippen molar-refractivity contribution in [2.75, 3.05) is 6.54 Å². The number of aryl methyl sites for hydroxylation is 1. The lowest BCUT2D eigenvalue weighted by Crippen LogP contribution is -2.33. The number of hydrogen-bond acceptors (Lipinski definition) is 4. The van der Waals surface area contributed by atoms with Gasteiger partial charge in [-0.25, -0.2) is 0 Å². The second-order valence-corrected chi connectivity index (χ2v) is 3.90. The molecule has 0 spiro atoms. The highest BCUT2D eigenvalue weighted by molar-refractivity contribution is 4.93. The van der Waals surface area contributed by atoms with E-state index in [9.17, 15) is 0 Å². The number of rotatable bonds is 5. The van der Waals surface area contributed by atoms with Crippen molar-refractivity contribution in [2.24, 2.45) is 13.0 Å². The van der Waals surface area contributed by atoms with Gasteiger partial charge in [-0.15, -0.1) is 10.2 Å². The van der Waals surface area contributed by atoms with Crippen molar-refractivity contribution in [1.29, 1.82) is 0 Å². The Labute approximate surface area is 83.9 Å². The third-order valence-electron chi connectivity index (χ3n) is 2.61. The van der Waals surface area contributed by atoms with Gasteiger partial charge < -0.3 is 5.32 Å². The maximum Gasteiger partial charge on any atom is 0.176 e. The van der Waals surface area contributed by atoms with Crippen molar-refractivity contribution < 1.29 is 0 Å². The van der Waals surface area contributed by atoms with Gasteiger partial charge in [-0.2, -0.15) is 4.80 Å². The molecule has 1 heterocycles. The summed E-state index contributed by atoms with van der Waals surface area (Å²) in [7, 11) is 1.80. The zero-order chi connectivity index (χ0) is 9.97. The Kier molecular flexibility index (Phi) is 2.77. The van der Waals surface area contributed by atoms with Crippen LogP contribution in [0.15, 0.2) is 0 Å². The molecular weight excluding hydrogens is 178 g/mol. The molecule has 14 heavy (non-hydrogen) atoms. The number of likely N-dealkylation sites (N-methyl/N-ethyl adjacent to an activating group) is 1. The van der Waals surface area contributed by atoms with Crippen LogP contribution in [0.5, 0.6) is 0 Å². The average Bonchev–Trinajstić information content (AvgIpc) is 2.91. The first kappa shape index (κ1) is 9.58. The predicted octanol–water partition coefficient (Wildman–Crippen LogP) is 0.141. The fourth-order valence-corrected chi connectivity index (χ4v) is 1.77. The molecule has 1 unspecified atom stereocenters. The lowest BCUT2D eigenvalue weighted by Gasteiger charge is -2.14. The minimum atomic E-state index is 0.546. The van der Waals surface area contributed by atoms with E-state index in [4.69, 9.17) is 0 Å².